The number of esters is 2. The molecule has 0 spiro atoms. The maximum absolute atomic E-state index is 12.2. The zero-order valence-electron chi connectivity index (χ0n) is 28.1. The van der Waals surface area contributed by atoms with Crippen LogP contribution in [0.3, 0.4) is 0 Å². The van der Waals surface area contributed by atoms with Gasteiger partial charge in [0, 0.05) is 12.8 Å². The molecule has 0 bridgehead atoms. The minimum Gasteiger partial charge on any atom is -0.462 e. The summed E-state index contributed by atoms with van der Waals surface area (Å²) in [4.78, 5) is 42.0. The summed E-state index contributed by atoms with van der Waals surface area (Å²) in [5, 5.41) is 0. The first-order chi connectivity index (χ1) is 21.3. The molecule has 0 aromatic rings. The topological polar surface area (TPSA) is 119 Å². The number of hydrogen-bond acceptors (Lipinski definition) is 6. The third-order valence-corrected chi connectivity index (χ3v) is 7.96. The number of phosphoric ester groups is 1. The van der Waals surface area contributed by atoms with E-state index >= 15 is 0 Å². The van der Waals surface area contributed by atoms with Crippen LogP contribution < -0.4 is 0 Å². The van der Waals surface area contributed by atoms with Crippen LogP contribution >= 0.6 is 7.82 Å². The van der Waals surface area contributed by atoms with Crippen molar-refractivity contribution < 1.29 is 37.9 Å². The van der Waals surface area contributed by atoms with Crippen molar-refractivity contribution in [2.24, 2.45) is 0 Å². The molecule has 0 radical (unpaired) electrons. The van der Waals surface area contributed by atoms with Crippen LogP contribution in [0.15, 0.2) is 24.3 Å². The molecular formula is C35H65O8P. The fourth-order valence-corrected chi connectivity index (χ4v) is 5.17. The Morgan fingerprint density at radius 2 is 1.02 bits per heavy atom. The lowest BCUT2D eigenvalue weighted by molar-refractivity contribution is -0.161. The SMILES string of the molecule is CCCCCCC/C=C\C/C=C\CCCCCCCCCCCCCC(=O)OC(COC(=O)CCCCC)COP(=O)(O)O. The van der Waals surface area contributed by atoms with Crippen LogP contribution in [0, 0.1) is 0 Å². The minimum absolute atomic E-state index is 0.210. The van der Waals surface area contributed by atoms with Crippen LogP contribution in [-0.4, -0.2) is 41.0 Å². The molecule has 0 aromatic carbocycles. The molecule has 1 atom stereocenters. The molecule has 1 unspecified atom stereocenters. The Morgan fingerprint density at radius 3 is 1.55 bits per heavy atom. The normalized spacial score (nSPS) is 12.7. The summed E-state index contributed by atoms with van der Waals surface area (Å²) in [5.41, 5.74) is 0. The number of rotatable bonds is 32. The van der Waals surface area contributed by atoms with Gasteiger partial charge in [-0.1, -0.05) is 134 Å². The Morgan fingerprint density at radius 1 is 0.591 bits per heavy atom. The summed E-state index contributed by atoms with van der Waals surface area (Å²) in [6.07, 6.45) is 34.3. The van der Waals surface area contributed by atoms with Crippen LogP contribution in [0.25, 0.3) is 0 Å². The van der Waals surface area contributed by atoms with Gasteiger partial charge in [-0.2, -0.15) is 0 Å². The maximum atomic E-state index is 12.2. The van der Waals surface area contributed by atoms with Gasteiger partial charge < -0.3 is 19.3 Å². The molecule has 0 amide bonds. The quantitative estimate of drug-likeness (QED) is 0.0321. The molecule has 0 aromatic heterocycles. The van der Waals surface area contributed by atoms with E-state index < -0.39 is 32.5 Å². The summed E-state index contributed by atoms with van der Waals surface area (Å²) in [7, 11) is -4.73. The van der Waals surface area contributed by atoms with E-state index in [2.05, 4.69) is 35.8 Å². The van der Waals surface area contributed by atoms with Gasteiger partial charge in [0.05, 0.1) is 6.61 Å². The Kier molecular flexibility index (Phi) is 30.5. The van der Waals surface area contributed by atoms with Crippen LogP contribution in [0.4, 0.5) is 0 Å². The first-order valence-corrected chi connectivity index (χ1v) is 19.2. The molecule has 0 fully saturated rings. The molecule has 2 N–H and O–H groups in total. The van der Waals surface area contributed by atoms with Gasteiger partial charge in [-0.15, -0.1) is 0 Å². The van der Waals surface area contributed by atoms with Crippen molar-refractivity contribution in [1.29, 1.82) is 0 Å². The van der Waals surface area contributed by atoms with E-state index in [9.17, 15) is 14.2 Å². The zero-order valence-corrected chi connectivity index (χ0v) is 29.0. The highest BCUT2D eigenvalue weighted by molar-refractivity contribution is 7.46. The average molecular weight is 645 g/mol. The Labute approximate surface area is 269 Å². The summed E-state index contributed by atoms with van der Waals surface area (Å²) in [6.45, 7) is 3.46. The van der Waals surface area contributed by atoms with E-state index in [-0.39, 0.29) is 19.4 Å². The molecule has 0 heterocycles. The molecule has 44 heavy (non-hydrogen) atoms. The molecule has 258 valence electrons. The third kappa shape index (κ3) is 33.4. The van der Waals surface area contributed by atoms with E-state index in [1.165, 1.54) is 89.9 Å². The molecule has 0 saturated heterocycles. The van der Waals surface area contributed by atoms with Crippen LogP contribution in [0.5, 0.6) is 0 Å². The van der Waals surface area contributed by atoms with Crippen molar-refractivity contribution in [3.05, 3.63) is 24.3 Å². The van der Waals surface area contributed by atoms with E-state index in [4.69, 9.17) is 19.3 Å². The second-order valence-electron chi connectivity index (χ2n) is 11.8. The van der Waals surface area contributed by atoms with Gasteiger partial charge in [0.25, 0.3) is 0 Å². The molecule has 0 aliphatic heterocycles. The van der Waals surface area contributed by atoms with E-state index in [1.807, 2.05) is 6.92 Å². The lowest BCUT2D eigenvalue weighted by Crippen LogP contribution is -2.29. The molecular weight excluding hydrogens is 579 g/mol. The predicted octanol–water partition coefficient (Wildman–Crippen LogP) is 10.1. The van der Waals surface area contributed by atoms with Gasteiger partial charge in [-0.3, -0.25) is 14.1 Å². The van der Waals surface area contributed by atoms with Crippen molar-refractivity contribution in [3.8, 4) is 0 Å². The number of phosphoric acid groups is 1. The van der Waals surface area contributed by atoms with E-state index in [0.717, 1.165) is 38.5 Å². The number of unbranched alkanes of at least 4 members (excludes halogenated alkanes) is 18. The standard InChI is InChI=1S/C35H65O8P/c1-3-5-7-8-9-10-11-12-13-14-15-16-17-18-19-20-21-22-23-24-25-26-28-30-35(37)43-33(32-42-44(38,39)40)31-41-34(36)29-27-6-4-2/h11-12,14-15,33H,3-10,13,16-32H2,1-2H3,(H2,38,39,40)/b12-11-,15-14-. The first-order valence-electron chi connectivity index (χ1n) is 17.6. The Balaban J connectivity index is 3.72. The molecule has 0 rings (SSSR count). The van der Waals surface area contributed by atoms with Gasteiger partial charge in [-0.25, -0.2) is 4.57 Å². The molecule has 0 aliphatic rings. The summed E-state index contributed by atoms with van der Waals surface area (Å²) < 4.78 is 25.9. The third-order valence-electron chi connectivity index (χ3n) is 7.47. The lowest BCUT2D eigenvalue weighted by Gasteiger charge is -2.18. The second kappa shape index (κ2) is 31.5. The molecule has 0 aliphatic carbocycles. The van der Waals surface area contributed by atoms with E-state index in [1.54, 1.807) is 0 Å². The summed E-state index contributed by atoms with van der Waals surface area (Å²) in [6, 6.07) is 0. The molecule has 0 saturated carbocycles. The summed E-state index contributed by atoms with van der Waals surface area (Å²) >= 11 is 0. The van der Waals surface area contributed by atoms with Crippen molar-refractivity contribution >= 4 is 19.8 Å². The Hall–Kier alpha value is -1.47. The maximum Gasteiger partial charge on any atom is 0.469 e. The molecule has 8 nitrogen and oxygen atoms in total. The van der Waals surface area contributed by atoms with Gasteiger partial charge in [0.2, 0.25) is 0 Å². The van der Waals surface area contributed by atoms with Gasteiger partial charge in [0.1, 0.15) is 6.61 Å². The largest absolute Gasteiger partial charge is 0.469 e. The highest BCUT2D eigenvalue weighted by Gasteiger charge is 2.22. The molecule has 9 heteroatoms. The van der Waals surface area contributed by atoms with Gasteiger partial charge in [0.15, 0.2) is 6.10 Å². The number of carbonyl (C=O) groups is 2. The van der Waals surface area contributed by atoms with Crippen LogP contribution in [0.2, 0.25) is 0 Å². The van der Waals surface area contributed by atoms with Crippen LogP contribution in [0.1, 0.15) is 168 Å². The zero-order chi connectivity index (χ0) is 32.6. The number of allylic oxidation sites excluding steroid dienone is 4. The lowest BCUT2D eigenvalue weighted by atomic mass is 10.0. The van der Waals surface area contributed by atoms with Crippen molar-refractivity contribution in [2.75, 3.05) is 13.2 Å². The monoisotopic (exact) mass is 644 g/mol. The van der Waals surface area contributed by atoms with Crippen molar-refractivity contribution in [1.82, 2.24) is 0 Å². The highest BCUT2D eigenvalue weighted by atomic mass is 31.2. The minimum atomic E-state index is -4.73. The number of ether oxygens (including phenoxy) is 2. The second-order valence-corrected chi connectivity index (χ2v) is 13.1. The fourth-order valence-electron chi connectivity index (χ4n) is 4.81. The van der Waals surface area contributed by atoms with Gasteiger partial charge >= 0.3 is 19.8 Å². The number of carbonyl (C=O) groups excluding carboxylic acids is 2. The summed E-state index contributed by atoms with van der Waals surface area (Å²) in [5.74, 6) is -0.914. The average Bonchev–Trinajstić information content (AvgIpc) is 2.98. The first kappa shape index (κ1) is 42.5. The smallest absolute Gasteiger partial charge is 0.462 e. The van der Waals surface area contributed by atoms with E-state index in [0.29, 0.717) is 12.8 Å². The predicted molar refractivity (Wildman–Crippen MR) is 179 cm³/mol. The number of hydrogen-bond donors (Lipinski definition) is 2. The van der Waals surface area contributed by atoms with Crippen molar-refractivity contribution in [3.63, 3.8) is 0 Å². The van der Waals surface area contributed by atoms with Gasteiger partial charge in [-0.05, 0) is 44.9 Å². The van der Waals surface area contributed by atoms with Crippen LogP contribution in [-0.2, 0) is 28.2 Å². The highest BCUT2D eigenvalue weighted by Crippen LogP contribution is 2.35. The van der Waals surface area contributed by atoms with Crippen molar-refractivity contribution in [2.45, 2.75) is 174 Å². The Bertz CT molecular complexity index is 777. The fraction of sp³-hybridized carbons (Fsp3) is 0.829.